The molecule has 0 aromatic carbocycles. The van der Waals surface area contributed by atoms with Crippen LogP contribution in [0.5, 0.6) is 0 Å². The zero-order valence-electron chi connectivity index (χ0n) is 20.5. The summed E-state index contributed by atoms with van der Waals surface area (Å²) in [5.74, 6) is 2.66. The van der Waals surface area contributed by atoms with Crippen molar-refractivity contribution in [2.45, 2.75) is 44.1 Å². The van der Waals surface area contributed by atoms with Gasteiger partial charge >= 0.3 is 0 Å². The van der Waals surface area contributed by atoms with Gasteiger partial charge in [-0.05, 0) is 44.1 Å². The molecule has 0 aliphatic heterocycles. The van der Waals surface area contributed by atoms with Crippen LogP contribution >= 0.6 is 11.6 Å². The Morgan fingerprint density at radius 1 is 1.23 bits per heavy atom. The second-order valence-electron chi connectivity index (χ2n) is 8.54. The fraction of sp³-hybridized carbons (Fsp3) is 0.423. The van der Waals surface area contributed by atoms with Gasteiger partial charge in [-0.2, -0.15) is 0 Å². The highest BCUT2D eigenvalue weighted by Gasteiger charge is 2.44. The molecular weight excluding hydrogens is 472 g/mol. The number of ketones is 1. The topological polar surface area (TPSA) is 96.8 Å². The standard InChI is InChI=1S/C26H29ClN2O6/c1-6-33-15-22(30)18-7-9-25(10-8-18,24-29-28-17(3)35-24)23-21(11-16(2)34-23)19-12-20(31-4)14-26(27,13-19)32-5/h7-9,11-13H,6,10,14-15H2,1-5H3. The number of hydrogen-bond acceptors (Lipinski definition) is 8. The van der Waals surface area contributed by atoms with E-state index >= 15 is 0 Å². The van der Waals surface area contributed by atoms with E-state index in [1.807, 2.05) is 44.2 Å². The summed E-state index contributed by atoms with van der Waals surface area (Å²) in [5, 5.41) is 7.32. The smallest absolute Gasteiger partial charge is 0.234 e. The molecule has 4 rings (SSSR count). The Hall–Kier alpha value is -2.94. The highest BCUT2D eigenvalue weighted by molar-refractivity contribution is 6.25. The summed E-state index contributed by atoms with van der Waals surface area (Å²) in [6.45, 7) is 5.95. The Morgan fingerprint density at radius 3 is 2.63 bits per heavy atom. The lowest BCUT2D eigenvalue weighted by Gasteiger charge is -2.30. The predicted octanol–water partition coefficient (Wildman–Crippen LogP) is 4.96. The molecule has 0 radical (unpaired) electrons. The van der Waals surface area contributed by atoms with Gasteiger partial charge in [0.2, 0.25) is 11.8 Å². The number of Topliss-reactive ketones (excluding diaryl/α,β-unsaturated/α-hetero) is 1. The molecule has 0 saturated heterocycles. The summed E-state index contributed by atoms with van der Waals surface area (Å²) in [5.41, 5.74) is 1.20. The molecule has 0 fully saturated rings. The van der Waals surface area contributed by atoms with Crippen molar-refractivity contribution in [1.82, 2.24) is 10.2 Å². The minimum Gasteiger partial charge on any atom is -0.501 e. The third-order valence-corrected chi connectivity index (χ3v) is 6.53. The van der Waals surface area contributed by atoms with E-state index in [0.717, 1.165) is 11.1 Å². The third-order valence-electron chi connectivity index (χ3n) is 6.13. The number of halogens is 1. The van der Waals surface area contributed by atoms with E-state index in [1.165, 1.54) is 0 Å². The van der Waals surface area contributed by atoms with Crippen LogP contribution in [-0.4, -0.2) is 48.5 Å². The first kappa shape index (κ1) is 25.2. The third kappa shape index (κ3) is 4.91. The van der Waals surface area contributed by atoms with Gasteiger partial charge in [0.25, 0.3) is 0 Å². The van der Waals surface area contributed by atoms with Crippen LogP contribution < -0.4 is 0 Å². The number of carbonyl (C=O) groups excluding carboxylic acids is 1. The molecule has 2 unspecified atom stereocenters. The van der Waals surface area contributed by atoms with Crippen LogP contribution in [0.4, 0.5) is 0 Å². The van der Waals surface area contributed by atoms with E-state index < -0.39 is 10.5 Å². The maximum absolute atomic E-state index is 12.6. The molecule has 35 heavy (non-hydrogen) atoms. The lowest BCUT2D eigenvalue weighted by Crippen LogP contribution is -2.29. The van der Waals surface area contributed by atoms with Crippen LogP contribution in [0, 0.1) is 13.8 Å². The van der Waals surface area contributed by atoms with Crippen LogP contribution in [-0.2, 0) is 24.4 Å². The van der Waals surface area contributed by atoms with Gasteiger partial charge in [0.05, 0.1) is 13.5 Å². The lowest BCUT2D eigenvalue weighted by molar-refractivity contribution is -0.119. The molecule has 0 saturated carbocycles. The van der Waals surface area contributed by atoms with E-state index in [1.54, 1.807) is 27.2 Å². The van der Waals surface area contributed by atoms with Crippen molar-refractivity contribution in [2.24, 2.45) is 0 Å². The Kier molecular flexibility index (Phi) is 7.17. The van der Waals surface area contributed by atoms with Gasteiger partial charge in [-0.15, -0.1) is 10.2 Å². The van der Waals surface area contributed by atoms with Crippen LogP contribution in [0.3, 0.4) is 0 Å². The average Bonchev–Trinajstić information content (AvgIpc) is 3.48. The maximum Gasteiger partial charge on any atom is 0.234 e. The van der Waals surface area contributed by atoms with Crippen LogP contribution in [0.15, 0.2) is 56.6 Å². The molecule has 0 bridgehead atoms. The monoisotopic (exact) mass is 500 g/mol. The molecule has 0 amide bonds. The second kappa shape index (κ2) is 9.97. The number of rotatable bonds is 9. The van der Waals surface area contributed by atoms with Crippen molar-refractivity contribution < 1.29 is 27.8 Å². The zero-order valence-corrected chi connectivity index (χ0v) is 21.3. The fourth-order valence-electron chi connectivity index (χ4n) is 4.29. The Labute approximate surface area is 209 Å². The van der Waals surface area contributed by atoms with Crippen LogP contribution in [0.25, 0.3) is 5.57 Å². The summed E-state index contributed by atoms with van der Waals surface area (Å²) in [6.07, 6.45) is 10.0. The van der Waals surface area contributed by atoms with Crippen molar-refractivity contribution in [3.63, 3.8) is 0 Å². The van der Waals surface area contributed by atoms with Crippen molar-refractivity contribution >= 4 is 23.0 Å². The first-order valence-electron chi connectivity index (χ1n) is 11.4. The number of nitrogens with zero attached hydrogens (tertiary/aromatic N) is 2. The second-order valence-corrected chi connectivity index (χ2v) is 9.18. The number of methoxy groups -OCH3 is 2. The van der Waals surface area contributed by atoms with Gasteiger partial charge in [0.15, 0.2) is 10.8 Å². The molecular formula is C26H29ClN2O6. The molecule has 2 aliphatic carbocycles. The average molecular weight is 501 g/mol. The number of carbonyl (C=O) groups is 1. The van der Waals surface area contributed by atoms with Gasteiger partial charge in [0, 0.05) is 31.8 Å². The lowest BCUT2D eigenvalue weighted by atomic mass is 9.74. The normalized spacial score (nSPS) is 24.1. The quantitative estimate of drug-likeness (QED) is 0.446. The molecule has 2 aromatic heterocycles. The molecule has 186 valence electrons. The summed E-state index contributed by atoms with van der Waals surface area (Å²) in [6, 6.07) is 1.93. The number of aromatic nitrogens is 2. The van der Waals surface area contributed by atoms with E-state index in [-0.39, 0.29) is 12.4 Å². The Balaban J connectivity index is 1.84. The number of allylic oxidation sites excluding steroid dienone is 5. The van der Waals surface area contributed by atoms with Crippen molar-refractivity contribution in [1.29, 1.82) is 0 Å². The summed E-state index contributed by atoms with van der Waals surface area (Å²) in [7, 11) is 3.15. The summed E-state index contributed by atoms with van der Waals surface area (Å²) < 4.78 is 28.6. The van der Waals surface area contributed by atoms with E-state index in [9.17, 15) is 4.79 Å². The number of hydrogen-bond donors (Lipinski definition) is 0. The molecule has 0 N–H and O–H groups in total. The highest BCUT2D eigenvalue weighted by atomic mass is 35.5. The molecule has 9 heteroatoms. The van der Waals surface area contributed by atoms with Gasteiger partial charge in [-0.25, -0.2) is 0 Å². The first-order chi connectivity index (χ1) is 16.7. The number of aryl methyl sites for hydroxylation is 2. The summed E-state index contributed by atoms with van der Waals surface area (Å²) in [4.78, 5) is 12.6. The van der Waals surface area contributed by atoms with Gasteiger partial charge in [-0.1, -0.05) is 29.8 Å². The largest absolute Gasteiger partial charge is 0.501 e. The van der Waals surface area contributed by atoms with Crippen LogP contribution in [0.2, 0.25) is 0 Å². The van der Waals surface area contributed by atoms with E-state index in [4.69, 9.17) is 34.6 Å². The Morgan fingerprint density at radius 2 is 2.03 bits per heavy atom. The van der Waals surface area contributed by atoms with Crippen molar-refractivity contribution in [3.8, 4) is 0 Å². The number of ether oxygens (including phenoxy) is 3. The van der Waals surface area contributed by atoms with Crippen molar-refractivity contribution in [2.75, 3.05) is 27.4 Å². The predicted molar refractivity (Wildman–Crippen MR) is 130 cm³/mol. The SMILES string of the molecule is CCOCC(=O)C1=CCC(c2nnc(C)o2)(c2oc(C)cc2C2=CC(Cl)(OC)CC(OC)=C2)C=C1. The Bertz CT molecular complexity index is 1240. The van der Waals surface area contributed by atoms with Gasteiger partial charge < -0.3 is 23.0 Å². The highest BCUT2D eigenvalue weighted by Crippen LogP contribution is 2.46. The summed E-state index contributed by atoms with van der Waals surface area (Å²) >= 11 is 6.71. The van der Waals surface area contributed by atoms with Crippen molar-refractivity contribution in [3.05, 3.63) is 76.6 Å². The van der Waals surface area contributed by atoms with Gasteiger partial charge in [0.1, 0.15) is 29.3 Å². The zero-order chi connectivity index (χ0) is 25.2. The molecule has 0 spiro atoms. The molecule has 2 aliphatic rings. The van der Waals surface area contributed by atoms with E-state index in [2.05, 4.69) is 10.2 Å². The fourth-order valence-corrected chi connectivity index (χ4v) is 4.54. The van der Waals surface area contributed by atoms with Gasteiger partial charge in [-0.3, -0.25) is 4.79 Å². The number of alkyl halides is 1. The molecule has 2 heterocycles. The molecule has 8 nitrogen and oxygen atoms in total. The maximum atomic E-state index is 12.6. The first-order valence-corrected chi connectivity index (χ1v) is 11.7. The number of furan rings is 1. The van der Waals surface area contributed by atoms with E-state index in [0.29, 0.717) is 54.1 Å². The minimum absolute atomic E-state index is 0.0246. The minimum atomic E-state index is -1.06. The molecule has 2 aromatic rings. The molecule has 2 atom stereocenters. The van der Waals surface area contributed by atoms with Crippen LogP contribution in [0.1, 0.15) is 48.6 Å².